The number of carbonyl (C=O) groups is 2. The van der Waals surface area contributed by atoms with Gasteiger partial charge in [-0.15, -0.1) is 0 Å². The number of rotatable bonds is 15. The highest BCUT2D eigenvalue weighted by molar-refractivity contribution is 6.30. The predicted molar refractivity (Wildman–Crippen MR) is 187 cm³/mol. The molecule has 8 atom stereocenters. The molecular weight excluding hydrogens is 651 g/mol. The third kappa shape index (κ3) is 10.1. The SMILES string of the molecule is CC(c1cccc(Cl)c1)C(CC(N)OC(=O)C(O)C(O)C(=O)OC(N)CC(c1ccccc1)C(C)c1cccc(Cl)c1)c1ccccc1. The third-order valence-electron chi connectivity index (χ3n) is 8.70. The van der Waals surface area contributed by atoms with Crippen LogP contribution in [-0.2, 0) is 19.1 Å². The second-order valence-corrected chi connectivity index (χ2v) is 12.9. The average molecular weight is 694 g/mol. The second kappa shape index (κ2) is 17.6. The van der Waals surface area contributed by atoms with Crippen molar-refractivity contribution >= 4 is 35.1 Å². The number of carbonyl (C=O) groups excluding carboxylic acids is 2. The summed E-state index contributed by atoms with van der Waals surface area (Å²) in [6, 6.07) is 34.2. The van der Waals surface area contributed by atoms with Crippen molar-refractivity contribution in [1.82, 2.24) is 0 Å². The maximum atomic E-state index is 12.8. The van der Waals surface area contributed by atoms with E-state index in [1.54, 1.807) is 12.1 Å². The summed E-state index contributed by atoms with van der Waals surface area (Å²) < 4.78 is 10.6. The Morgan fingerprint density at radius 3 is 1.25 bits per heavy atom. The lowest BCUT2D eigenvalue weighted by Crippen LogP contribution is -2.46. The molecule has 8 unspecified atom stereocenters. The van der Waals surface area contributed by atoms with Crippen molar-refractivity contribution < 1.29 is 29.3 Å². The smallest absolute Gasteiger partial charge is 0.339 e. The molecule has 4 rings (SSSR count). The van der Waals surface area contributed by atoms with Gasteiger partial charge in [-0.2, -0.15) is 0 Å². The first-order chi connectivity index (χ1) is 22.9. The van der Waals surface area contributed by atoms with E-state index in [9.17, 15) is 19.8 Å². The molecule has 0 spiro atoms. The van der Waals surface area contributed by atoms with Gasteiger partial charge in [-0.05, 0) is 70.2 Å². The molecule has 6 N–H and O–H groups in total. The number of aliphatic hydroxyl groups is 2. The molecule has 0 saturated carbocycles. The van der Waals surface area contributed by atoms with Crippen molar-refractivity contribution in [3.63, 3.8) is 0 Å². The summed E-state index contributed by atoms with van der Waals surface area (Å²) in [6.07, 6.45) is -6.44. The Bertz CT molecular complexity index is 1510. The van der Waals surface area contributed by atoms with Crippen LogP contribution in [0, 0.1) is 0 Å². The summed E-state index contributed by atoms with van der Waals surface area (Å²) in [7, 11) is 0. The van der Waals surface area contributed by atoms with E-state index in [1.807, 2.05) is 111 Å². The van der Waals surface area contributed by atoms with Gasteiger partial charge in [0, 0.05) is 22.9 Å². The van der Waals surface area contributed by atoms with Gasteiger partial charge in [0.05, 0.1) is 0 Å². The van der Waals surface area contributed by atoms with E-state index in [0.717, 1.165) is 22.3 Å². The van der Waals surface area contributed by atoms with Crippen LogP contribution in [0.3, 0.4) is 0 Å². The van der Waals surface area contributed by atoms with E-state index in [-0.39, 0.29) is 36.5 Å². The third-order valence-corrected chi connectivity index (χ3v) is 9.17. The van der Waals surface area contributed by atoms with Crippen molar-refractivity contribution in [3.8, 4) is 0 Å². The largest absolute Gasteiger partial charge is 0.445 e. The normalized spacial score (nSPS) is 16.4. The molecular formula is C38H42Cl2N2O6. The zero-order valence-corrected chi connectivity index (χ0v) is 28.4. The van der Waals surface area contributed by atoms with E-state index < -0.39 is 36.6 Å². The molecule has 10 heteroatoms. The van der Waals surface area contributed by atoms with E-state index in [2.05, 4.69) is 0 Å². The molecule has 0 aliphatic heterocycles. The quantitative estimate of drug-likeness (QED) is 0.0803. The molecule has 0 saturated heterocycles. The lowest BCUT2D eigenvalue weighted by Gasteiger charge is -2.29. The molecule has 0 aliphatic rings. The van der Waals surface area contributed by atoms with Crippen LogP contribution < -0.4 is 11.5 Å². The van der Waals surface area contributed by atoms with E-state index in [4.69, 9.17) is 44.1 Å². The van der Waals surface area contributed by atoms with Crippen molar-refractivity contribution in [3.05, 3.63) is 141 Å². The second-order valence-electron chi connectivity index (χ2n) is 12.0. The lowest BCUT2D eigenvalue weighted by molar-refractivity contribution is -0.179. The number of aliphatic hydroxyl groups excluding tert-OH is 2. The van der Waals surface area contributed by atoms with Crippen LogP contribution in [0.25, 0.3) is 0 Å². The van der Waals surface area contributed by atoms with Gasteiger partial charge in [0.15, 0.2) is 24.7 Å². The summed E-state index contributed by atoms with van der Waals surface area (Å²) in [5, 5.41) is 22.3. The summed E-state index contributed by atoms with van der Waals surface area (Å²) in [5.74, 6) is -3.04. The number of benzene rings is 4. The van der Waals surface area contributed by atoms with Gasteiger partial charge < -0.3 is 19.7 Å². The fraction of sp³-hybridized carbons (Fsp3) is 0.316. The molecule has 0 radical (unpaired) electrons. The molecule has 4 aromatic carbocycles. The highest BCUT2D eigenvalue weighted by Crippen LogP contribution is 2.38. The monoisotopic (exact) mass is 692 g/mol. The summed E-state index contributed by atoms with van der Waals surface area (Å²) in [6.45, 7) is 4.04. The number of hydrogen-bond acceptors (Lipinski definition) is 8. The molecule has 254 valence electrons. The Morgan fingerprint density at radius 2 is 0.917 bits per heavy atom. The number of halogens is 2. The average Bonchev–Trinajstić information content (AvgIpc) is 3.09. The van der Waals surface area contributed by atoms with Gasteiger partial charge in [-0.25, -0.2) is 9.59 Å². The molecule has 0 aliphatic carbocycles. The molecule has 0 fully saturated rings. The van der Waals surface area contributed by atoms with Crippen molar-refractivity contribution in [1.29, 1.82) is 0 Å². The van der Waals surface area contributed by atoms with Crippen LogP contribution in [0.2, 0.25) is 10.0 Å². The molecule has 8 nitrogen and oxygen atoms in total. The van der Waals surface area contributed by atoms with Gasteiger partial charge in [0.25, 0.3) is 0 Å². The summed E-state index contributed by atoms with van der Waals surface area (Å²) in [4.78, 5) is 25.7. The number of nitrogens with two attached hydrogens (primary N) is 2. The van der Waals surface area contributed by atoms with Crippen LogP contribution in [-0.4, -0.2) is 46.8 Å². The van der Waals surface area contributed by atoms with Gasteiger partial charge in [-0.1, -0.05) is 122 Å². The molecule has 0 amide bonds. The Hall–Kier alpha value is -3.76. The zero-order valence-electron chi connectivity index (χ0n) is 26.9. The van der Waals surface area contributed by atoms with Gasteiger partial charge in [0.2, 0.25) is 0 Å². The molecule has 0 bridgehead atoms. The Morgan fingerprint density at radius 1 is 0.583 bits per heavy atom. The molecule has 0 heterocycles. The highest BCUT2D eigenvalue weighted by Gasteiger charge is 2.36. The first-order valence-corrected chi connectivity index (χ1v) is 16.6. The zero-order chi connectivity index (χ0) is 34.8. The van der Waals surface area contributed by atoms with Gasteiger partial charge in [-0.3, -0.25) is 11.5 Å². The first-order valence-electron chi connectivity index (χ1n) is 15.8. The molecule has 0 aromatic heterocycles. The van der Waals surface area contributed by atoms with E-state index in [0.29, 0.717) is 10.0 Å². The fourth-order valence-electron chi connectivity index (χ4n) is 5.99. The van der Waals surface area contributed by atoms with Gasteiger partial charge in [0.1, 0.15) is 0 Å². The van der Waals surface area contributed by atoms with Crippen LogP contribution in [0.4, 0.5) is 0 Å². The molecule has 48 heavy (non-hydrogen) atoms. The summed E-state index contributed by atoms with van der Waals surface area (Å²) >= 11 is 12.5. The van der Waals surface area contributed by atoms with Crippen LogP contribution in [0.15, 0.2) is 109 Å². The van der Waals surface area contributed by atoms with E-state index in [1.165, 1.54) is 0 Å². The van der Waals surface area contributed by atoms with Crippen LogP contribution in [0.5, 0.6) is 0 Å². The summed E-state index contributed by atoms with van der Waals surface area (Å²) in [5.41, 5.74) is 16.4. The fourth-order valence-corrected chi connectivity index (χ4v) is 6.39. The number of esters is 2. The van der Waals surface area contributed by atoms with Crippen LogP contribution in [0.1, 0.15) is 72.6 Å². The Labute approximate surface area is 291 Å². The Kier molecular flexibility index (Phi) is 13.6. The Balaban J connectivity index is 1.38. The van der Waals surface area contributed by atoms with Crippen molar-refractivity contribution in [2.45, 2.75) is 75.0 Å². The maximum absolute atomic E-state index is 12.8. The topological polar surface area (TPSA) is 145 Å². The highest BCUT2D eigenvalue weighted by atomic mass is 35.5. The molecule has 4 aromatic rings. The maximum Gasteiger partial charge on any atom is 0.339 e. The standard InChI is InChI=1S/C38H42Cl2N2O6/c1-23(27-15-9-17-29(39)19-27)31(25-11-5-3-6-12-25)21-33(41)47-37(45)35(43)36(44)38(46)48-34(42)22-32(26-13-7-4-8-14-26)24(2)28-16-10-18-30(40)20-28/h3-20,23-24,31-36,43-44H,21-22,41-42H2,1-2H3. The van der Waals surface area contributed by atoms with Crippen molar-refractivity contribution in [2.75, 3.05) is 0 Å². The first kappa shape index (κ1) is 37.1. The lowest BCUT2D eigenvalue weighted by atomic mass is 9.80. The van der Waals surface area contributed by atoms with E-state index >= 15 is 0 Å². The minimum Gasteiger partial charge on any atom is -0.445 e. The van der Waals surface area contributed by atoms with Gasteiger partial charge >= 0.3 is 11.9 Å². The van der Waals surface area contributed by atoms with Crippen LogP contribution >= 0.6 is 23.2 Å². The minimum absolute atomic E-state index is 0.0656. The van der Waals surface area contributed by atoms with Crippen molar-refractivity contribution in [2.24, 2.45) is 11.5 Å². The number of hydrogen-bond donors (Lipinski definition) is 4. The number of ether oxygens (including phenoxy) is 2. The predicted octanol–water partition coefficient (Wildman–Crippen LogP) is 6.63. The minimum atomic E-state index is -2.24.